The number of amides is 1. The van der Waals surface area contributed by atoms with Crippen molar-refractivity contribution in [2.75, 3.05) is 11.5 Å². The van der Waals surface area contributed by atoms with Gasteiger partial charge in [-0.1, -0.05) is 41.9 Å². The third kappa shape index (κ3) is 3.22. The fraction of sp³-hybridized carbons (Fsp3) is 0.304. The topological polar surface area (TPSA) is 46.6 Å². The summed E-state index contributed by atoms with van der Waals surface area (Å²) in [5.74, 6) is 0.524. The Morgan fingerprint density at radius 3 is 2.61 bits per heavy atom. The van der Waals surface area contributed by atoms with E-state index in [0.717, 1.165) is 29.0 Å². The monoisotopic (exact) mass is 395 g/mol. The van der Waals surface area contributed by atoms with Crippen LogP contribution in [0.3, 0.4) is 0 Å². The fourth-order valence-electron chi connectivity index (χ4n) is 4.23. The Labute approximate surface area is 169 Å². The molecule has 0 aromatic heterocycles. The molecule has 0 saturated heterocycles. The molecule has 1 aliphatic heterocycles. The maximum atomic E-state index is 13.2. The second-order valence-corrected chi connectivity index (χ2v) is 7.45. The quantitative estimate of drug-likeness (QED) is 0.708. The van der Waals surface area contributed by atoms with Gasteiger partial charge in [0.25, 0.3) is 0 Å². The van der Waals surface area contributed by atoms with Crippen molar-refractivity contribution < 1.29 is 14.3 Å². The zero-order valence-corrected chi connectivity index (χ0v) is 16.5. The average molecular weight is 396 g/mol. The summed E-state index contributed by atoms with van der Waals surface area (Å²) in [6, 6.07) is 15.0. The largest absolute Gasteiger partial charge is 0.494 e. The van der Waals surface area contributed by atoms with Crippen LogP contribution in [0, 0.1) is 0 Å². The molecule has 4 nitrogen and oxygen atoms in total. The van der Waals surface area contributed by atoms with Gasteiger partial charge >= 0.3 is 0 Å². The third-order valence-corrected chi connectivity index (χ3v) is 5.68. The zero-order valence-electron chi connectivity index (χ0n) is 15.8. The first-order chi connectivity index (χ1) is 13.6. The van der Waals surface area contributed by atoms with E-state index in [1.807, 2.05) is 49.4 Å². The molecule has 1 amide bonds. The Bertz CT molecular complexity index is 966. The van der Waals surface area contributed by atoms with Crippen LogP contribution in [0.4, 0.5) is 5.69 Å². The number of carbonyl (C=O) groups is 2. The summed E-state index contributed by atoms with van der Waals surface area (Å²) in [4.78, 5) is 27.9. The van der Waals surface area contributed by atoms with Crippen molar-refractivity contribution in [3.8, 4) is 5.75 Å². The molecule has 1 atom stereocenters. The van der Waals surface area contributed by atoms with Crippen LogP contribution in [0.5, 0.6) is 5.75 Å². The number of allylic oxidation sites excluding steroid dienone is 2. The molecule has 2 aromatic rings. The van der Waals surface area contributed by atoms with E-state index in [0.29, 0.717) is 30.2 Å². The molecule has 28 heavy (non-hydrogen) atoms. The number of nitrogens with zero attached hydrogens (tertiary/aromatic N) is 1. The molecule has 0 radical (unpaired) electrons. The molecule has 0 N–H and O–H groups in total. The van der Waals surface area contributed by atoms with Gasteiger partial charge in [-0.25, -0.2) is 0 Å². The summed E-state index contributed by atoms with van der Waals surface area (Å²) < 4.78 is 5.79. The third-order valence-electron chi connectivity index (χ3n) is 5.36. The lowest BCUT2D eigenvalue weighted by Crippen LogP contribution is -2.40. The zero-order chi connectivity index (χ0) is 19.7. The highest BCUT2D eigenvalue weighted by Gasteiger charge is 2.41. The van der Waals surface area contributed by atoms with Crippen LogP contribution < -0.4 is 9.64 Å². The van der Waals surface area contributed by atoms with Crippen molar-refractivity contribution in [2.45, 2.75) is 38.5 Å². The van der Waals surface area contributed by atoms with Crippen LogP contribution in [-0.4, -0.2) is 18.3 Å². The van der Waals surface area contributed by atoms with E-state index >= 15 is 0 Å². The molecule has 5 heteroatoms. The van der Waals surface area contributed by atoms with Crippen molar-refractivity contribution >= 4 is 29.0 Å². The standard InChI is InChI=1S/C23H22ClNO3/c1-2-28-21-13-6-3-8-15(21)16-14-22(27)25(18-10-5-4-9-17(18)24)19-11-7-12-20(26)23(16)19/h3-6,8-10,13,16H,2,7,11-12,14H2,1H3. The van der Waals surface area contributed by atoms with Crippen LogP contribution in [0.25, 0.3) is 0 Å². The number of anilines is 1. The summed E-state index contributed by atoms with van der Waals surface area (Å²) in [6.45, 7) is 2.46. The van der Waals surface area contributed by atoms with E-state index in [1.165, 1.54) is 0 Å². The first kappa shape index (κ1) is 18.8. The van der Waals surface area contributed by atoms with Crippen molar-refractivity contribution in [3.63, 3.8) is 0 Å². The lowest BCUT2D eigenvalue weighted by atomic mass is 9.77. The Hall–Kier alpha value is -2.59. The van der Waals surface area contributed by atoms with Gasteiger partial charge in [0.05, 0.1) is 17.3 Å². The number of rotatable bonds is 4. The second-order valence-electron chi connectivity index (χ2n) is 7.05. The summed E-state index contributed by atoms with van der Waals surface area (Å²) in [6.07, 6.45) is 2.16. The van der Waals surface area contributed by atoms with Crippen LogP contribution in [0.1, 0.15) is 44.1 Å². The average Bonchev–Trinajstić information content (AvgIpc) is 2.69. The van der Waals surface area contributed by atoms with E-state index < -0.39 is 0 Å². The van der Waals surface area contributed by atoms with Gasteiger partial charge in [0.15, 0.2) is 5.78 Å². The number of ether oxygens (including phenoxy) is 1. The number of benzene rings is 2. The first-order valence-electron chi connectivity index (χ1n) is 9.67. The van der Waals surface area contributed by atoms with Crippen LogP contribution in [0.15, 0.2) is 59.8 Å². The maximum absolute atomic E-state index is 13.2. The first-order valence-corrected chi connectivity index (χ1v) is 10.0. The predicted octanol–water partition coefficient (Wildman–Crippen LogP) is 5.27. The summed E-state index contributed by atoms with van der Waals surface area (Å²) in [5.41, 5.74) is 3.07. The SMILES string of the molecule is CCOc1ccccc1C1CC(=O)N(c2ccccc2Cl)C2=C1C(=O)CCC2. The predicted molar refractivity (Wildman–Crippen MR) is 110 cm³/mol. The molecule has 0 saturated carbocycles. The smallest absolute Gasteiger partial charge is 0.232 e. The van der Waals surface area contributed by atoms with Crippen LogP contribution >= 0.6 is 11.6 Å². The Kier molecular flexibility index (Phi) is 5.23. The van der Waals surface area contributed by atoms with Gasteiger partial charge in [0, 0.05) is 35.6 Å². The van der Waals surface area contributed by atoms with E-state index in [2.05, 4.69) is 0 Å². The fourth-order valence-corrected chi connectivity index (χ4v) is 4.45. The molecule has 0 spiro atoms. The van der Waals surface area contributed by atoms with Crippen molar-refractivity contribution in [2.24, 2.45) is 0 Å². The minimum absolute atomic E-state index is 0.0437. The molecule has 1 heterocycles. The highest BCUT2D eigenvalue weighted by molar-refractivity contribution is 6.34. The lowest BCUT2D eigenvalue weighted by molar-refractivity contribution is -0.119. The van der Waals surface area contributed by atoms with Gasteiger partial charge in [0.1, 0.15) is 5.75 Å². The van der Waals surface area contributed by atoms with Crippen LogP contribution in [-0.2, 0) is 9.59 Å². The Balaban J connectivity index is 1.88. The van der Waals surface area contributed by atoms with Gasteiger partial charge in [-0.05, 0) is 38.0 Å². The highest BCUT2D eigenvalue weighted by Crippen LogP contribution is 2.46. The van der Waals surface area contributed by atoms with Crippen molar-refractivity contribution in [1.29, 1.82) is 0 Å². The number of hydrogen-bond donors (Lipinski definition) is 0. The highest BCUT2D eigenvalue weighted by atomic mass is 35.5. The summed E-state index contributed by atoms with van der Waals surface area (Å²) in [7, 11) is 0. The Morgan fingerprint density at radius 2 is 1.82 bits per heavy atom. The number of para-hydroxylation sites is 2. The molecule has 0 fully saturated rings. The lowest BCUT2D eigenvalue weighted by Gasteiger charge is -2.39. The normalized spacial score (nSPS) is 19.6. The number of ketones is 1. The van der Waals surface area contributed by atoms with Gasteiger partial charge in [0.2, 0.25) is 5.91 Å². The van der Waals surface area contributed by atoms with E-state index in [4.69, 9.17) is 16.3 Å². The van der Waals surface area contributed by atoms with E-state index in [-0.39, 0.29) is 24.0 Å². The van der Waals surface area contributed by atoms with Crippen molar-refractivity contribution in [1.82, 2.24) is 0 Å². The van der Waals surface area contributed by atoms with Crippen LogP contribution in [0.2, 0.25) is 5.02 Å². The molecule has 4 rings (SSSR count). The van der Waals surface area contributed by atoms with Gasteiger partial charge < -0.3 is 4.74 Å². The van der Waals surface area contributed by atoms with Gasteiger partial charge in [-0.15, -0.1) is 0 Å². The molecule has 2 aromatic carbocycles. The molecule has 0 bridgehead atoms. The minimum Gasteiger partial charge on any atom is -0.494 e. The maximum Gasteiger partial charge on any atom is 0.232 e. The summed E-state index contributed by atoms with van der Waals surface area (Å²) >= 11 is 6.39. The molecule has 1 aliphatic carbocycles. The number of carbonyl (C=O) groups excluding carboxylic acids is 2. The number of hydrogen-bond acceptors (Lipinski definition) is 3. The van der Waals surface area contributed by atoms with Gasteiger partial charge in [-0.2, -0.15) is 0 Å². The molecule has 1 unspecified atom stereocenters. The minimum atomic E-state index is -0.281. The van der Waals surface area contributed by atoms with Gasteiger partial charge in [-0.3, -0.25) is 14.5 Å². The molecule has 2 aliphatic rings. The molecule has 144 valence electrons. The number of halogens is 1. The van der Waals surface area contributed by atoms with E-state index in [1.54, 1.807) is 11.0 Å². The number of Topliss-reactive ketones (excluding diaryl/α,β-unsaturated/α-hetero) is 1. The molecular formula is C23H22ClNO3. The van der Waals surface area contributed by atoms with Crippen molar-refractivity contribution in [3.05, 3.63) is 70.4 Å². The molecular weight excluding hydrogens is 374 g/mol. The van der Waals surface area contributed by atoms with E-state index in [9.17, 15) is 9.59 Å². The Morgan fingerprint density at radius 1 is 1.07 bits per heavy atom. The summed E-state index contributed by atoms with van der Waals surface area (Å²) in [5, 5.41) is 0.508. The second kappa shape index (κ2) is 7.80.